The number of halogens is 1. The van der Waals surface area contributed by atoms with Crippen LogP contribution in [0.25, 0.3) is 0 Å². The molecule has 7 heteroatoms. The lowest BCUT2D eigenvalue weighted by molar-refractivity contribution is -0.144. The Labute approximate surface area is 111 Å². The third kappa shape index (κ3) is 5.32. The Kier molecular flexibility index (Phi) is 8.13. The third-order valence-corrected chi connectivity index (χ3v) is 4.19. The van der Waals surface area contributed by atoms with Gasteiger partial charge in [-0.1, -0.05) is 13.8 Å². The van der Waals surface area contributed by atoms with E-state index >= 15 is 0 Å². The Morgan fingerprint density at radius 1 is 1.67 bits per heavy atom. The molecule has 0 unspecified atom stereocenters. The molecule has 18 heavy (non-hydrogen) atoms. The van der Waals surface area contributed by atoms with Gasteiger partial charge >= 0.3 is 5.97 Å². The average molecular weight is 279 g/mol. The second-order valence-corrected chi connectivity index (χ2v) is 5.74. The zero-order valence-corrected chi connectivity index (χ0v) is 11.6. The topological polar surface area (TPSA) is 99.2 Å². The molecule has 0 aliphatic carbocycles. The van der Waals surface area contributed by atoms with Crippen molar-refractivity contribution in [2.75, 3.05) is 25.5 Å². The fraction of sp³-hybridized carbons (Fsp3) is 0.818. The van der Waals surface area contributed by atoms with Crippen LogP contribution in [0.4, 0.5) is 4.39 Å². The summed E-state index contributed by atoms with van der Waals surface area (Å²) in [5.74, 6) is -1.12. The largest absolute Gasteiger partial charge is 0.480 e. The molecule has 0 spiro atoms. The minimum atomic E-state index is -1.33. The third-order valence-electron chi connectivity index (χ3n) is 2.78. The number of carbonyl (C=O) groups is 1. The number of hydrogen-bond acceptors (Lipinski definition) is 5. The van der Waals surface area contributed by atoms with Gasteiger partial charge in [-0.25, -0.2) is 4.39 Å². The summed E-state index contributed by atoms with van der Waals surface area (Å²) >= 11 is 1.22. The lowest BCUT2D eigenvalue weighted by atomic mass is 9.90. The monoisotopic (exact) mass is 279 g/mol. The highest BCUT2D eigenvalue weighted by atomic mass is 32.2. The summed E-state index contributed by atoms with van der Waals surface area (Å²) in [6.07, 6.45) is 1.19. The van der Waals surface area contributed by atoms with Gasteiger partial charge in [-0.3, -0.25) is 4.79 Å². The van der Waals surface area contributed by atoms with Crippen LogP contribution in [0.1, 0.15) is 13.8 Å². The molecule has 0 aromatic heterocycles. The van der Waals surface area contributed by atoms with E-state index in [2.05, 4.69) is 5.32 Å². The minimum absolute atomic E-state index is 0.168. The molecule has 0 aromatic carbocycles. The van der Waals surface area contributed by atoms with Crippen LogP contribution in [0.15, 0.2) is 0 Å². The molecule has 5 N–H and O–H groups in total. The second-order valence-electron chi connectivity index (χ2n) is 4.45. The first kappa shape index (κ1) is 17.3. The number of nitrogens with two attached hydrogens (primary N) is 1. The first-order valence-corrected chi connectivity index (χ1v) is 6.82. The van der Waals surface area contributed by atoms with Crippen LogP contribution in [-0.2, 0) is 4.79 Å². The summed E-state index contributed by atoms with van der Waals surface area (Å²) in [6.45, 7) is 3.71. The molecule has 106 valence electrons. The SMILES string of the molecule is CC(C)[C@](N)(CS[C@H](CF)CNCC=N)C(=O)O. The van der Waals surface area contributed by atoms with Gasteiger partial charge in [0.1, 0.15) is 12.2 Å². The van der Waals surface area contributed by atoms with E-state index in [0.717, 1.165) is 0 Å². The van der Waals surface area contributed by atoms with Crippen LogP contribution >= 0.6 is 11.8 Å². The van der Waals surface area contributed by atoms with E-state index in [-0.39, 0.29) is 16.9 Å². The molecule has 0 radical (unpaired) electrons. The molecule has 2 atom stereocenters. The number of rotatable bonds is 10. The van der Waals surface area contributed by atoms with Crippen LogP contribution in [-0.4, -0.2) is 53.6 Å². The first-order valence-electron chi connectivity index (χ1n) is 5.78. The van der Waals surface area contributed by atoms with E-state index < -0.39 is 18.2 Å². The Morgan fingerprint density at radius 2 is 2.28 bits per heavy atom. The summed E-state index contributed by atoms with van der Waals surface area (Å²) in [6, 6.07) is 0. The molecule has 0 rings (SSSR count). The number of carboxylic acid groups (broad SMARTS) is 1. The highest BCUT2D eigenvalue weighted by Gasteiger charge is 2.38. The summed E-state index contributed by atoms with van der Waals surface area (Å²) in [7, 11) is 0. The van der Waals surface area contributed by atoms with Gasteiger partial charge in [-0.05, 0) is 5.92 Å². The van der Waals surface area contributed by atoms with Crippen LogP contribution in [0.3, 0.4) is 0 Å². The quantitative estimate of drug-likeness (QED) is 0.349. The molecule has 0 heterocycles. The van der Waals surface area contributed by atoms with Crippen molar-refractivity contribution in [3.05, 3.63) is 0 Å². The fourth-order valence-corrected chi connectivity index (χ4v) is 2.50. The van der Waals surface area contributed by atoms with Gasteiger partial charge in [-0.2, -0.15) is 11.8 Å². The molecule has 0 amide bonds. The molecule has 0 saturated heterocycles. The molecular formula is C11H22FN3O2S. The van der Waals surface area contributed by atoms with Gasteiger partial charge in [0, 0.05) is 30.3 Å². The van der Waals surface area contributed by atoms with E-state index in [9.17, 15) is 9.18 Å². The second kappa shape index (κ2) is 8.44. The number of carboxylic acids is 1. The van der Waals surface area contributed by atoms with Crippen LogP contribution in [0.2, 0.25) is 0 Å². The molecule has 5 nitrogen and oxygen atoms in total. The highest BCUT2D eigenvalue weighted by molar-refractivity contribution is 8.00. The van der Waals surface area contributed by atoms with Crippen molar-refractivity contribution in [1.29, 1.82) is 5.41 Å². The lowest BCUT2D eigenvalue weighted by Gasteiger charge is -2.29. The summed E-state index contributed by atoms with van der Waals surface area (Å²) < 4.78 is 12.8. The highest BCUT2D eigenvalue weighted by Crippen LogP contribution is 2.23. The molecule has 0 aliphatic heterocycles. The number of thioether (sulfide) groups is 1. The van der Waals surface area contributed by atoms with Crippen LogP contribution in [0, 0.1) is 11.3 Å². The Hall–Kier alpha value is -0.660. The van der Waals surface area contributed by atoms with Crippen molar-refractivity contribution < 1.29 is 14.3 Å². The van der Waals surface area contributed by atoms with Crippen molar-refractivity contribution in [3.63, 3.8) is 0 Å². The van der Waals surface area contributed by atoms with Gasteiger partial charge in [0.15, 0.2) is 0 Å². The Balaban J connectivity index is 4.31. The molecule has 0 bridgehead atoms. The zero-order chi connectivity index (χ0) is 14.2. The smallest absolute Gasteiger partial charge is 0.324 e. The number of aliphatic carboxylic acids is 1. The van der Waals surface area contributed by atoms with Crippen molar-refractivity contribution >= 4 is 23.9 Å². The van der Waals surface area contributed by atoms with Crippen molar-refractivity contribution in [2.45, 2.75) is 24.6 Å². The van der Waals surface area contributed by atoms with Gasteiger partial charge in [0.05, 0.1) is 0 Å². The number of nitrogens with one attached hydrogen (secondary N) is 2. The van der Waals surface area contributed by atoms with E-state index in [0.29, 0.717) is 13.1 Å². The predicted molar refractivity (Wildman–Crippen MR) is 73.3 cm³/mol. The van der Waals surface area contributed by atoms with Gasteiger partial charge in [0.2, 0.25) is 0 Å². The Morgan fingerprint density at radius 3 is 2.67 bits per heavy atom. The zero-order valence-electron chi connectivity index (χ0n) is 10.8. The molecule has 0 aliphatic rings. The van der Waals surface area contributed by atoms with Gasteiger partial charge < -0.3 is 21.6 Å². The Bertz CT molecular complexity index is 279. The van der Waals surface area contributed by atoms with E-state index in [1.165, 1.54) is 18.0 Å². The lowest BCUT2D eigenvalue weighted by Crippen LogP contribution is -2.55. The average Bonchev–Trinajstić information content (AvgIpc) is 2.32. The summed E-state index contributed by atoms with van der Waals surface area (Å²) in [5, 5.41) is 18.5. The fourth-order valence-electron chi connectivity index (χ4n) is 1.21. The minimum Gasteiger partial charge on any atom is -0.480 e. The van der Waals surface area contributed by atoms with Crippen molar-refractivity contribution in [1.82, 2.24) is 5.32 Å². The molecular weight excluding hydrogens is 257 g/mol. The maximum absolute atomic E-state index is 12.8. The van der Waals surface area contributed by atoms with Crippen LogP contribution in [0.5, 0.6) is 0 Å². The van der Waals surface area contributed by atoms with E-state index in [1.54, 1.807) is 13.8 Å². The number of alkyl halides is 1. The van der Waals surface area contributed by atoms with Crippen LogP contribution < -0.4 is 11.1 Å². The summed E-state index contributed by atoms with van der Waals surface area (Å²) in [4.78, 5) is 11.1. The van der Waals surface area contributed by atoms with Gasteiger partial charge in [0.25, 0.3) is 0 Å². The van der Waals surface area contributed by atoms with Crippen molar-refractivity contribution in [2.24, 2.45) is 11.7 Å². The maximum Gasteiger partial charge on any atom is 0.324 e. The standard InChI is InChI=1S/C11H22FN3O2S/c1-8(2)11(14,10(16)17)7-18-9(5-12)6-15-4-3-13/h3,8-9,13,15H,4-7,14H2,1-2H3,(H,16,17)/t9-,11-/m1/s1. The first-order chi connectivity index (χ1) is 8.38. The normalized spacial score (nSPS) is 16.3. The van der Waals surface area contributed by atoms with Crippen molar-refractivity contribution in [3.8, 4) is 0 Å². The molecule has 0 saturated carbocycles. The number of hydrogen-bond donors (Lipinski definition) is 4. The van der Waals surface area contributed by atoms with E-state index in [4.69, 9.17) is 16.2 Å². The van der Waals surface area contributed by atoms with Gasteiger partial charge in [-0.15, -0.1) is 0 Å². The maximum atomic E-state index is 12.8. The molecule has 0 aromatic rings. The molecule has 0 fully saturated rings. The van der Waals surface area contributed by atoms with E-state index in [1.807, 2.05) is 0 Å². The summed E-state index contributed by atoms with van der Waals surface area (Å²) in [5.41, 5.74) is 4.51. The predicted octanol–water partition coefficient (Wildman–Crippen LogP) is 0.735.